The molecule has 0 N–H and O–H groups in total. The van der Waals surface area contributed by atoms with E-state index in [9.17, 15) is 26.3 Å². The van der Waals surface area contributed by atoms with Gasteiger partial charge < -0.3 is 13.8 Å². The Balaban J connectivity index is 0.000000588. The van der Waals surface area contributed by atoms with Crippen molar-refractivity contribution in [3.63, 3.8) is 0 Å². The maximum Gasteiger partial charge on any atom is 0.485 e. The minimum atomic E-state index is -6.09. The summed E-state index contributed by atoms with van der Waals surface area (Å²) >= 11 is 0. The molecule has 17 heteroatoms. The Morgan fingerprint density at radius 3 is 0.592 bits per heavy atom. The molecule has 0 unspecified atom stereocenters. The Kier molecular flexibility index (Phi) is 18.3. The molecule has 71 heavy (non-hydrogen) atoms. The molecule has 0 aliphatic heterocycles. The molecule has 6 aromatic rings. The van der Waals surface area contributed by atoms with Gasteiger partial charge in [0.05, 0.1) is 21.8 Å². The molecule has 7 nitrogen and oxygen atoms in total. The van der Waals surface area contributed by atoms with E-state index in [1.165, 1.54) is 51.6 Å². The fourth-order valence-corrected chi connectivity index (χ4v) is 10.7. The van der Waals surface area contributed by atoms with Crippen LogP contribution in [0.4, 0.5) is 26.3 Å². The van der Waals surface area contributed by atoms with Crippen molar-refractivity contribution < 1.29 is 57.0 Å². The summed E-state index contributed by atoms with van der Waals surface area (Å²) in [7, 11) is -12.7. The third-order valence-electron chi connectivity index (χ3n) is 10.7. The van der Waals surface area contributed by atoms with Crippen LogP contribution in [-0.4, -0.2) is 37.0 Å². The summed E-state index contributed by atoms with van der Waals surface area (Å²) in [5, 5.41) is 0. The van der Waals surface area contributed by atoms with Gasteiger partial charge in [-0.3, -0.25) is 0 Å². The van der Waals surface area contributed by atoms with E-state index in [1.807, 2.05) is 0 Å². The highest BCUT2D eigenvalue weighted by Crippen LogP contribution is 2.38. The summed E-state index contributed by atoms with van der Waals surface area (Å²) in [6, 6.07) is 54.4. The van der Waals surface area contributed by atoms with E-state index in [2.05, 4.69) is 229 Å². The Morgan fingerprint density at radius 2 is 0.465 bits per heavy atom. The second-order valence-electron chi connectivity index (χ2n) is 20.6. The van der Waals surface area contributed by atoms with Gasteiger partial charge in [0.2, 0.25) is 0 Å². The molecule has 0 radical (unpaired) electrons. The van der Waals surface area contributed by atoms with Crippen LogP contribution in [0.25, 0.3) is 0 Å². The van der Waals surface area contributed by atoms with Crippen molar-refractivity contribution in [3.8, 4) is 11.5 Å². The summed E-state index contributed by atoms with van der Waals surface area (Å²) in [4.78, 5) is 7.81. The molecule has 0 bridgehead atoms. The van der Waals surface area contributed by atoms with Gasteiger partial charge in [-0.25, -0.2) is 16.8 Å². The van der Waals surface area contributed by atoms with Crippen molar-refractivity contribution in [3.05, 3.63) is 168 Å². The second-order valence-corrected chi connectivity index (χ2v) is 27.3. The van der Waals surface area contributed by atoms with Crippen LogP contribution in [-0.2, 0) is 63.7 Å². The van der Waals surface area contributed by atoms with Gasteiger partial charge in [0.25, 0.3) is 0 Å². The molecule has 0 aromatic heterocycles. The zero-order chi connectivity index (χ0) is 53.8. The van der Waals surface area contributed by atoms with Crippen LogP contribution in [0.15, 0.2) is 175 Å². The molecular formula is C54H60F6O7S4. The summed E-state index contributed by atoms with van der Waals surface area (Å²) in [5.41, 5.74) is -5.46. The fourth-order valence-electron chi connectivity index (χ4n) is 6.60. The monoisotopic (exact) mass is 1060 g/mol. The minimum absolute atomic E-state index is 0.111. The molecule has 0 aliphatic carbocycles. The molecule has 384 valence electrons. The van der Waals surface area contributed by atoms with Crippen LogP contribution in [0, 0.1) is 0 Å². The van der Waals surface area contributed by atoms with Gasteiger partial charge in [0.15, 0.2) is 49.6 Å². The van der Waals surface area contributed by atoms with Gasteiger partial charge in [-0.15, -0.1) is 0 Å². The first kappa shape index (κ1) is 58.8. The largest absolute Gasteiger partial charge is 0.741 e. The molecule has 0 aliphatic rings. The quantitative estimate of drug-likeness (QED) is 0.0643. The molecular weight excluding hydrogens is 1000 g/mol. The molecule has 0 fully saturated rings. The zero-order valence-electron chi connectivity index (χ0n) is 41.6. The Bertz CT molecular complexity index is 2580. The summed E-state index contributed by atoms with van der Waals surface area (Å²) < 4.78 is 124. The average molecular weight is 1060 g/mol. The number of ether oxygens (including phenoxy) is 1. The SMILES string of the molecule is CC(C)(C)c1ccc([S+](c2ccc(Oc3ccc([S+](c4ccc(C(C)(C)C)cc4)c4ccc(C(C)(C)C)cc4)cc3)cc2)c2ccc(C(C)(C)C)cc2)cc1.O=S(=O)([O-])C(F)(F)F.O=S(=O)([O-])C(F)(F)F. The smallest absolute Gasteiger partial charge is 0.485 e. The van der Waals surface area contributed by atoms with E-state index in [0.717, 1.165) is 11.5 Å². The Morgan fingerprint density at radius 1 is 0.324 bits per heavy atom. The molecule has 6 rings (SSSR count). The fraction of sp³-hybridized carbons (Fsp3) is 0.333. The first-order valence-electron chi connectivity index (χ1n) is 22.1. The molecule has 0 amide bonds. The van der Waals surface area contributed by atoms with Gasteiger partial charge >= 0.3 is 11.0 Å². The van der Waals surface area contributed by atoms with Crippen molar-refractivity contribution in [2.45, 2.75) is 145 Å². The maximum absolute atomic E-state index is 10.7. The van der Waals surface area contributed by atoms with Crippen molar-refractivity contribution in [1.29, 1.82) is 0 Å². The molecule has 0 spiro atoms. The molecule has 0 saturated heterocycles. The van der Waals surface area contributed by atoms with Crippen LogP contribution in [0.3, 0.4) is 0 Å². The maximum atomic E-state index is 10.7. The second kappa shape index (κ2) is 22.1. The third kappa shape index (κ3) is 16.6. The Hall–Kier alpha value is -4.78. The van der Waals surface area contributed by atoms with Crippen LogP contribution in [0.2, 0.25) is 0 Å². The summed E-state index contributed by atoms with van der Waals surface area (Å²) in [5.74, 6) is 1.67. The highest BCUT2D eigenvalue weighted by atomic mass is 32.2. The lowest BCUT2D eigenvalue weighted by molar-refractivity contribution is -0.0522. The molecule has 0 atom stereocenters. The third-order valence-corrected chi connectivity index (χ3v) is 16.3. The van der Waals surface area contributed by atoms with E-state index < -0.39 is 31.3 Å². The van der Waals surface area contributed by atoms with E-state index in [-0.39, 0.29) is 43.4 Å². The summed E-state index contributed by atoms with van der Waals surface area (Å²) in [6.07, 6.45) is 0. The van der Waals surface area contributed by atoms with Gasteiger partial charge in [-0.2, -0.15) is 26.3 Å². The van der Waals surface area contributed by atoms with E-state index in [0.29, 0.717) is 0 Å². The van der Waals surface area contributed by atoms with Gasteiger partial charge in [-0.1, -0.05) is 132 Å². The normalized spacial score (nSPS) is 13.0. The van der Waals surface area contributed by atoms with Crippen molar-refractivity contribution >= 4 is 42.0 Å². The van der Waals surface area contributed by atoms with Gasteiger partial charge in [0, 0.05) is 0 Å². The first-order valence-corrected chi connectivity index (χ1v) is 27.4. The summed E-state index contributed by atoms with van der Waals surface area (Å²) in [6.45, 7) is 27.3. The average Bonchev–Trinajstić information content (AvgIpc) is 3.24. The topological polar surface area (TPSA) is 124 Å². The number of rotatable bonds is 8. The molecule has 0 saturated carbocycles. The lowest BCUT2D eigenvalue weighted by Gasteiger charge is -2.20. The number of benzene rings is 6. The van der Waals surface area contributed by atoms with Crippen LogP contribution < -0.4 is 4.74 Å². The van der Waals surface area contributed by atoms with E-state index >= 15 is 0 Å². The predicted octanol–water partition coefficient (Wildman–Crippen LogP) is 15.0. The lowest BCUT2D eigenvalue weighted by atomic mass is 9.87. The predicted molar refractivity (Wildman–Crippen MR) is 269 cm³/mol. The highest BCUT2D eigenvalue weighted by molar-refractivity contribution is 7.97. The van der Waals surface area contributed by atoms with Gasteiger partial charge in [0.1, 0.15) is 11.5 Å². The zero-order valence-corrected chi connectivity index (χ0v) is 44.9. The Labute approximate surface area is 421 Å². The number of hydrogen-bond acceptors (Lipinski definition) is 7. The van der Waals surface area contributed by atoms with Crippen molar-refractivity contribution in [2.24, 2.45) is 0 Å². The molecule has 0 heterocycles. The minimum Gasteiger partial charge on any atom is -0.741 e. The number of halogens is 6. The van der Waals surface area contributed by atoms with Crippen LogP contribution in [0.1, 0.15) is 105 Å². The van der Waals surface area contributed by atoms with E-state index in [1.54, 1.807) is 0 Å². The first-order chi connectivity index (χ1) is 32.3. The number of hydrogen-bond donors (Lipinski definition) is 0. The lowest BCUT2D eigenvalue weighted by Crippen LogP contribution is -2.21. The van der Waals surface area contributed by atoms with Crippen molar-refractivity contribution in [1.82, 2.24) is 0 Å². The van der Waals surface area contributed by atoms with Gasteiger partial charge in [-0.05, 0) is 141 Å². The molecule has 6 aromatic carbocycles. The van der Waals surface area contributed by atoms with Crippen molar-refractivity contribution in [2.75, 3.05) is 0 Å². The number of alkyl halides is 6. The van der Waals surface area contributed by atoms with Crippen LogP contribution >= 0.6 is 0 Å². The van der Waals surface area contributed by atoms with Crippen LogP contribution in [0.5, 0.6) is 11.5 Å². The van der Waals surface area contributed by atoms with E-state index in [4.69, 9.17) is 30.7 Å². The highest BCUT2D eigenvalue weighted by Gasteiger charge is 2.38. The standard InChI is InChI=1S/C52H60OS2.2CHF3O3S/c1-49(2,3)37-13-25-43(26-14-37)54(44-27-15-38(16-28-44)50(4,5)6)47-33-21-41(22-34-47)53-42-23-35-48(36-24-42)55(45-29-17-39(18-30-45)51(7,8)9)46-31-19-40(20-32-46)52(10,11)12;2*2-1(3,4)8(5,6)7/h13-36H,1-12H3;2*(H,5,6,7)/q+2;;/p-2.